The van der Waals surface area contributed by atoms with Crippen molar-refractivity contribution in [1.82, 2.24) is 5.32 Å². The van der Waals surface area contributed by atoms with Crippen LogP contribution < -0.4 is 5.32 Å². The molecule has 0 unspecified atom stereocenters. The van der Waals surface area contributed by atoms with Crippen LogP contribution in [0.3, 0.4) is 0 Å². The number of rotatable bonds is 33. The first-order chi connectivity index (χ1) is 19.2. The van der Waals surface area contributed by atoms with E-state index in [2.05, 4.69) is 19.2 Å². The van der Waals surface area contributed by atoms with Gasteiger partial charge in [-0.25, -0.2) is 0 Å². The molecule has 2 N–H and O–H groups in total. The van der Waals surface area contributed by atoms with Gasteiger partial charge in [-0.15, -0.1) is 0 Å². The molecule has 0 aromatic rings. The van der Waals surface area contributed by atoms with Crippen LogP contribution >= 0.6 is 0 Å². The molecule has 0 radical (unpaired) electrons. The molecule has 0 aromatic carbocycles. The zero-order valence-corrected chi connectivity index (χ0v) is 27.1. The number of hydrogen-bond donors (Lipinski definition) is 2. The second-order valence-corrected chi connectivity index (χ2v) is 12.5. The van der Waals surface area contributed by atoms with Crippen molar-refractivity contribution in [2.45, 2.75) is 219 Å². The highest BCUT2D eigenvalue weighted by Gasteiger charge is 2.10. The normalized spacial score (nSPS) is 12.2. The van der Waals surface area contributed by atoms with E-state index in [-0.39, 0.29) is 18.6 Å². The highest BCUT2D eigenvalue weighted by atomic mass is 16.3. The molecule has 1 atom stereocenters. The number of amides is 1. The van der Waals surface area contributed by atoms with Gasteiger partial charge in [0.25, 0.3) is 0 Å². The molecule has 1 amide bonds. The Bertz CT molecular complexity index is 467. The number of aliphatic hydroxyl groups excluding tert-OH is 1. The fraction of sp³-hybridized carbons (Fsp3) is 0.972. The van der Waals surface area contributed by atoms with E-state index >= 15 is 0 Å². The molecular formula is C36H73NO2. The molecular weight excluding hydrogens is 478 g/mol. The van der Waals surface area contributed by atoms with Crippen molar-refractivity contribution in [2.24, 2.45) is 0 Å². The SMILES string of the molecule is CCCCCCCCCCCCCCCCCC(=O)N[C@@H](CO)CCCCCCCCCCCCCCCC. The minimum absolute atomic E-state index is 0.0498. The van der Waals surface area contributed by atoms with Gasteiger partial charge in [-0.1, -0.05) is 194 Å². The third-order valence-electron chi connectivity index (χ3n) is 8.50. The molecule has 0 aliphatic heterocycles. The highest BCUT2D eigenvalue weighted by Crippen LogP contribution is 2.15. The summed E-state index contributed by atoms with van der Waals surface area (Å²) in [6, 6.07) is -0.0498. The molecule has 0 aliphatic rings. The summed E-state index contributed by atoms with van der Waals surface area (Å²) < 4.78 is 0. The van der Waals surface area contributed by atoms with Gasteiger partial charge < -0.3 is 10.4 Å². The van der Waals surface area contributed by atoms with Gasteiger partial charge in [-0.2, -0.15) is 0 Å². The Kier molecular flexibility index (Phi) is 33.1. The number of nitrogens with one attached hydrogen (secondary N) is 1. The first kappa shape index (κ1) is 38.4. The Balaban J connectivity index is 3.39. The molecule has 3 heteroatoms. The van der Waals surface area contributed by atoms with Gasteiger partial charge in [-0.3, -0.25) is 4.79 Å². The average Bonchev–Trinajstić information content (AvgIpc) is 2.94. The second kappa shape index (κ2) is 33.6. The van der Waals surface area contributed by atoms with Crippen molar-refractivity contribution < 1.29 is 9.90 Å². The standard InChI is InChI=1S/C36H73NO2/c1-3-5-7-9-11-13-15-17-19-21-23-25-27-29-31-33-36(39)37-35(34-38)32-30-28-26-24-22-20-18-16-14-12-10-8-6-4-2/h35,38H,3-34H2,1-2H3,(H,37,39)/t35-/m1/s1. The van der Waals surface area contributed by atoms with Gasteiger partial charge in [0, 0.05) is 6.42 Å². The van der Waals surface area contributed by atoms with Crippen LogP contribution in [0.4, 0.5) is 0 Å². The molecule has 0 saturated carbocycles. The van der Waals surface area contributed by atoms with Crippen molar-refractivity contribution in [3.05, 3.63) is 0 Å². The van der Waals surface area contributed by atoms with Crippen LogP contribution in [-0.4, -0.2) is 23.7 Å². The summed E-state index contributed by atoms with van der Waals surface area (Å²) in [5.74, 6) is 0.133. The van der Waals surface area contributed by atoms with Crippen molar-refractivity contribution >= 4 is 5.91 Å². The van der Waals surface area contributed by atoms with E-state index in [1.165, 1.54) is 167 Å². The van der Waals surface area contributed by atoms with Crippen LogP contribution in [0, 0.1) is 0 Å². The third kappa shape index (κ3) is 31.8. The molecule has 0 rings (SSSR count). The summed E-state index contributed by atoms with van der Waals surface area (Å²) in [6.07, 6.45) is 40.8. The maximum absolute atomic E-state index is 12.3. The summed E-state index contributed by atoms with van der Waals surface area (Å²) in [5.41, 5.74) is 0. The van der Waals surface area contributed by atoms with Gasteiger partial charge in [0.05, 0.1) is 12.6 Å². The number of hydrogen-bond acceptors (Lipinski definition) is 2. The van der Waals surface area contributed by atoms with Crippen LogP contribution in [0.5, 0.6) is 0 Å². The number of carbonyl (C=O) groups is 1. The largest absolute Gasteiger partial charge is 0.394 e. The molecule has 234 valence electrons. The van der Waals surface area contributed by atoms with Crippen LogP contribution in [0.1, 0.15) is 213 Å². The summed E-state index contributed by atoms with van der Waals surface area (Å²) in [4.78, 5) is 12.3. The van der Waals surface area contributed by atoms with Gasteiger partial charge in [0.1, 0.15) is 0 Å². The lowest BCUT2D eigenvalue weighted by atomic mass is 10.0. The summed E-state index contributed by atoms with van der Waals surface area (Å²) in [7, 11) is 0. The number of carbonyl (C=O) groups excluding carboxylic acids is 1. The topological polar surface area (TPSA) is 49.3 Å². The zero-order valence-electron chi connectivity index (χ0n) is 27.1. The smallest absolute Gasteiger partial charge is 0.220 e. The monoisotopic (exact) mass is 552 g/mol. The van der Waals surface area contributed by atoms with E-state index in [1.807, 2.05) is 0 Å². The van der Waals surface area contributed by atoms with Gasteiger partial charge in [0.2, 0.25) is 5.91 Å². The molecule has 0 aliphatic carbocycles. The number of unbranched alkanes of at least 4 members (excludes halogenated alkanes) is 27. The highest BCUT2D eigenvalue weighted by molar-refractivity contribution is 5.76. The van der Waals surface area contributed by atoms with Crippen molar-refractivity contribution in [3.63, 3.8) is 0 Å². The summed E-state index contributed by atoms with van der Waals surface area (Å²) in [6.45, 7) is 4.64. The third-order valence-corrected chi connectivity index (χ3v) is 8.50. The van der Waals surface area contributed by atoms with Crippen LogP contribution in [-0.2, 0) is 4.79 Å². The van der Waals surface area contributed by atoms with Crippen molar-refractivity contribution in [3.8, 4) is 0 Å². The molecule has 3 nitrogen and oxygen atoms in total. The zero-order chi connectivity index (χ0) is 28.5. The lowest BCUT2D eigenvalue weighted by molar-refractivity contribution is -0.122. The number of aliphatic hydroxyl groups is 1. The van der Waals surface area contributed by atoms with Crippen LogP contribution in [0.25, 0.3) is 0 Å². The maximum Gasteiger partial charge on any atom is 0.220 e. The Morgan fingerprint density at radius 3 is 1.05 bits per heavy atom. The van der Waals surface area contributed by atoms with E-state index in [9.17, 15) is 9.90 Å². The van der Waals surface area contributed by atoms with E-state index in [0.717, 1.165) is 25.7 Å². The maximum atomic E-state index is 12.3. The summed E-state index contributed by atoms with van der Waals surface area (Å²) in [5, 5.41) is 12.7. The first-order valence-corrected chi connectivity index (χ1v) is 18.1. The predicted octanol–water partition coefficient (Wildman–Crippen LogP) is 11.6. The molecule has 0 aromatic heterocycles. The fourth-order valence-corrected chi connectivity index (χ4v) is 5.75. The summed E-state index contributed by atoms with van der Waals surface area (Å²) >= 11 is 0. The van der Waals surface area contributed by atoms with Crippen LogP contribution in [0.2, 0.25) is 0 Å². The Labute approximate surface area is 246 Å². The van der Waals surface area contributed by atoms with Gasteiger partial charge in [-0.05, 0) is 12.8 Å². The van der Waals surface area contributed by atoms with Crippen molar-refractivity contribution in [1.29, 1.82) is 0 Å². The van der Waals surface area contributed by atoms with E-state index in [1.54, 1.807) is 0 Å². The van der Waals surface area contributed by atoms with E-state index in [4.69, 9.17) is 0 Å². The van der Waals surface area contributed by atoms with Gasteiger partial charge >= 0.3 is 0 Å². The molecule has 0 bridgehead atoms. The molecule has 0 spiro atoms. The Hall–Kier alpha value is -0.570. The van der Waals surface area contributed by atoms with Crippen LogP contribution in [0.15, 0.2) is 0 Å². The quantitative estimate of drug-likeness (QED) is 0.0797. The molecule has 0 heterocycles. The fourth-order valence-electron chi connectivity index (χ4n) is 5.75. The van der Waals surface area contributed by atoms with Crippen molar-refractivity contribution in [2.75, 3.05) is 6.61 Å². The lowest BCUT2D eigenvalue weighted by Gasteiger charge is -2.16. The van der Waals surface area contributed by atoms with E-state index < -0.39 is 0 Å². The molecule has 0 fully saturated rings. The van der Waals surface area contributed by atoms with Gasteiger partial charge in [0.15, 0.2) is 0 Å². The Morgan fingerprint density at radius 2 is 0.744 bits per heavy atom. The predicted molar refractivity (Wildman–Crippen MR) is 173 cm³/mol. The Morgan fingerprint density at radius 1 is 0.462 bits per heavy atom. The molecule has 39 heavy (non-hydrogen) atoms. The molecule has 0 saturated heterocycles. The first-order valence-electron chi connectivity index (χ1n) is 18.1. The average molecular weight is 552 g/mol. The van der Waals surface area contributed by atoms with E-state index in [0.29, 0.717) is 6.42 Å². The minimum atomic E-state index is -0.0498. The second-order valence-electron chi connectivity index (χ2n) is 12.5. The minimum Gasteiger partial charge on any atom is -0.394 e. The lowest BCUT2D eigenvalue weighted by Crippen LogP contribution is -2.37.